The van der Waals surface area contributed by atoms with Crippen LogP contribution in [-0.2, 0) is 21.1 Å². The van der Waals surface area contributed by atoms with Crippen LogP contribution in [0.1, 0.15) is 0 Å². The van der Waals surface area contributed by atoms with E-state index in [-0.39, 0.29) is 104 Å². The molecule has 0 saturated heterocycles. The Labute approximate surface area is 103 Å². The van der Waals surface area contributed by atoms with Gasteiger partial charge in [-0.25, -0.2) is 0 Å². The minimum Gasteiger partial charge on any atom is -1.00 e. The van der Waals surface area contributed by atoms with E-state index in [2.05, 4.69) is 0 Å². The Kier molecular flexibility index (Phi) is 30200. The Morgan fingerprint density at radius 1 is 0.273 bits per heavy atom. The zero-order chi connectivity index (χ0) is 0. The molecule has 0 heterocycles. The SMILES string of the molecule is O.O.O.O.O.O.[Cl-].[Cl-].[Cl-].[Cl-].[Pt+4]. The van der Waals surface area contributed by atoms with E-state index in [0.717, 1.165) is 0 Å². The molecule has 0 aromatic carbocycles. The number of rotatable bonds is 0. The van der Waals surface area contributed by atoms with Gasteiger partial charge in [-0.15, -0.1) is 0 Å². The minimum atomic E-state index is 0. The molecule has 0 radical (unpaired) electrons. The molecule has 0 aliphatic heterocycles. The van der Waals surface area contributed by atoms with Gasteiger partial charge < -0.3 is 82.5 Å². The largest absolute Gasteiger partial charge is 4.00 e. The molecular weight excluding hydrogens is 433 g/mol. The van der Waals surface area contributed by atoms with E-state index in [1.54, 1.807) is 0 Å². The first-order valence-electron chi connectivity index (χ1n) is 0. The molecule has 12 N–H and O–H groups in total. The summed E-state index contributed by atoms with van der Waals surface area (Å²) < 4.78 is 0. The van der Waals surface area contributed by atoms with Crippen LogP contribution in [-0.4, -0.2) is 32.9 Å². The summed E-state index contributed by atoms with van der Waals surface area (Å²) in [5.74, 6) is 0. The Hall–Kier alpha value is 1.61. The maximum Gasteiger partial charge on any atom is 4.00 e. The molecule has 86 valence electrons. The molecule has 0 unspecified atom stereocenters. The molecule has 0 rings (SSSR count). The van der Waals surface area contributed by atoms with Gasteiger partial charge in [0, 0.05) is 0 Å². The monoisotopic (exact) mass is 443 g/mol. The van der Waals surface area contributed by atoms with E-state index in [4.69, 9.17) is 0 Å². The average molecular weight is 445 g/mol. The standard InChI is InChI=1S/4ClH.6H2O.Pt/h4*1H;6*1H2;/q;;;;;;;;;;+4/p-4. The van der Waals surface area contributed by atoms with Gasteiger partial charge >= 0.3 is 21.1 Å². The van der Waals surface area contributed by atoms with E-state index in [0.29, 0.717) is 0 Å². The van der Waals surface area contributed by atoms with Crippen LogP contribution in [0.3, 0.4) is 0 Å². The van der Waals surface area contributed by atoms with E-state index in [1.165, 1.54) is 0 Å². The predicted octanol–water partition coefficient (Wildman–Crippen LogP) is -16.9. The molecule has 0 saturated carbocycles. The normalized spacial score (nSPS) is 0. The predicted molar refractivity (Wildman–Crippen MR) is 21.7 cm³/mol. The molecule has 0 aliphatic carbocycles. The fraction of sp³-hybridized carbons (Fsp3) is 0. The van der Waals surface area contributed by atoms with Crippen molar-refractivity contribution in [1.82, 2.24) is 0 Å². The van der Waals surface area contributed by atoms with Crippen LogP contribution in [0.5, 0.6) is 0 Å². The Balaban J connectivity index is 0. The molecule has 11 heteroatoms. The van der Waals surface area contributed by atoms with Crippen molar-refractivity contribution < 1.29 is 104 Å². The van der Waals surface area contributed by atoms with Crippen molar-refractivity contribution in [2.24, 2.45) is 0 Å². The van der Waals surface area contributed by atoms with Crippen LogP contribution in [0, 0.1) is 0 Å². The van der Waals surface area contributed by atoms with E-state index >= 15 is 0 Å². The topological polar surface area (TPSA) is 189 Å². The summed E-state index contributed by atoms with van der Waals surface area (Å²) in [4.78, 5) is 0. The quantitative estimate of drug-likeness (QED) is 0.343. The van der Waals surface area contributed by atoms with Crippen LogP contribution < -0.4 is 49.6 Å². The molecule has 0 atom stereocenters. The fourth-order valence-electron chi connectivity index (χ4n) is 0. The van der Waals surface area contributed by atoms with Crippen LogP contribution in [0.2, 0.25) is 0 Å². The maximum absolute atomic E-state index is 0. The summed E-state index contributed by atoms with van der Waals surface area (Å²) >= 11 is 0. The first kappa shape index (κ1) is 657. The molecule has 0 spiro atoms. The van der Waals surface area contributed by atoms with Crippen molar-refractivity contribution in [2.45, 2.75) is 0 Å². The first-order valence-corrected chi connectivity index (χ1v) is 0. The number of halogens is 4. The minimum absolute atomic E-state index is 0. The van der Waals surface area contributed by atoms with Crippen LogP contribution in [0.15, 0.2) is 0 Å². The first-order chi connectivity index (χ1) is 0. The Morgan fingerprint density at radius 2 is 0.273 bits per heavy atom. The summed E-state index contributed by atoms with van der Waals surface area (Å²) in [7, 11) is 0. The molecule has 0 amide bonds. The third-order valence-electron chi connectivity index (χ3n) is 0. The molecule has 6 nitrogen and oxygen atoms in total. The van der Waals surface area contributed by atoms with Gasteiger partial charge in [-0.3, -0.25) is 0 Å². The fourth-order valence-corrected chi connectivity index (χ4v) is 0. The second-order valence-electron chi connectivity index (χ2n) is 0. The van der Waals surface area contributed by atoms with Gasteiger partial charge in [0.1, 0.15) is 0 Å². The summed E-state index contributed by atoms with van der Waals surface area (Å²) in [6.07, 6.45) is 0. The van der Waals surface area contributed by atoms with Gasteiger partial charge in [0.25, 0.3) is 0 Å². The molecule has 11 heavy (non-hydrogen) atoms. The van der Waals surface area contributed by atoms with Crippen molar-refractivity contribution in [3.05, 3.63) is 0 Å². The molecule has 0 aliphatic rings. The molecule has 0 aromatic rings. The van der Waals surface area contributed by atoms with E-state index in [1.807, 2.05) is 0 Å². The molecule has 0 aromatic heterocycles. The van der Waals surface area contributed by atoms with Crippen molar-refractivity contribution in [2.75, 3.05) is 0 Å². The third-order valence-corrected chi connectivity index (χ3v) is 0. The van der Waals surface area contributed by atoms with Gasteiger partial charge in [-0.1, -0.05) is 0 Å². The number of hydrogen-bond donors (Lipinski definition) is 0. The van der Waals surface area contributed by atoms with Crippen molar-refractivity contribution in [3.63, 3.8) is 0 Å². The van der Waals surface area contributed by atoms with Crippen molar-refractivity contribution in [3.8, 4) is 0 Å². The Bertz CT molecular complexity index is 14.5. The third kappa shape index (κ3) is 414. The average Bonchev–Trinajstić information content (AvgIpc) is 0. The zero-order valence-electron chi connectivity index (χ0n) is 4.83. The van der Waals surface area contributed by atoms with E-state index in [9.17, 15) is 0 Å². The molecular formula is H12Cl4O6Pt. The summed E-state index contributed by atoms with van der Waals surface area (Å²) in [5, 5.41) is 0. The smallest absolute Gasteiger partial charge is 1.00 e. The van der Waals surface area contributed by atoms with Crippen LogP contribution in [0.4, 0.5) is 0 Å². The number of hydrogen-bond acceptors (Lipinski definition) is 0. The molecule has 0 bridgehead atoms. The van der Waals surface area contributed by atoms with Gasteiger partial charge in [-0.05, 0) is 0 Å². The second-order valence-corrected chi connectivity index (χ2v) is 0. The zero-order valence-corrected chi connectivity index (χ0v) is 10.1. The second kappa shape index (κ2) is 505. The summed E-state index contributed by atoms with van der Waals surface area (Å²) in [6, 6.07) is 0. The summed E-state index contributed by atoms with van der Waals surface area (Å²) in [5.41, 5.74) is 0. The van der Waals surface area contributed by atoms with Gasteiger partial charge in [0.2, 0.25) is 0 Å². The molecule has 0 fully saturated rings. The van der Waals surface area contributed by atoms with Gasteiger partial charge in [0.05, 0.1) is 0 Å². The maximum atomic E-state index is 0. The van der Waals surface area contributed by atoms with Crippen molar-refractivity contribution in [1.29, 1.82) is 0 Å². The van der Waals surface area contributed by atoms with Crippen LogP contribution >= 0.6 is 0 Å². The van der Waals surface area contributed by atoms with Gasteiger partial charge in [0.15, 0.2) is 0 Å². The van der Waals surface area contributed by atoms with Crippen LogP contribution in [0.25, 0.3) is 0 Å². The van der Waals surface area contributed by atoms with Gasteiger partial charge in [-0.2, -0.15) is 0 Å². The summed E-state index contributed by atoms with van der Waals surface area (Å²) in [6.45, 7) is 0. The van der Waals surface area contributed by atoms with E-state index < -0.39 is 0 Å². The van der Waals surface area contributed by atoms with Crippen molar-refractivity contribution >= 4 is 0 Å². The Morgan fingerprint density at radius 3 is 0.273 bits per heavy atom.